The number of hydrogen-bond acceptors (Lipinski definition) is 5. The first kappa shape index (κ1) is 18.2. The minimum Gasteiger partial charge on any atom is -0.481 e. The molecule has 0 spiro atoms. The smallest absolute Gasteiger partial charge is 0.303 e. The third-order valence-electron chi connectivity index (χ3n) is 4.06. The van der Waals surface area contributed by atoms with Gasteiger partial charge in [0.25, 0.3) is 0 Å². The number of aromatic nitrogens is 4. The number of rotatable bonds is 9. The largest absolute Gasteiger partial charge is 0.481 e. The Balaban J connectivity index is 1.83. The number of aromatic amines is 1. The van der Waals surface area contributed by atoms with Crippen LogP contribution in [0.1, 0.15) is 45.1 Å². The number of Topliss-reactive ketones (excluding diaryl/α,β-unsaturated/α-hetero) is 2. The summed E-state index contributed by atoms with van der Waals surface area (Å²) in [6.07, 6.45) is 2.92. The third kappa shape index (κ3) is 4.75. The van der Waals surface area contributed by atoms with E-state index >= 15 is 0 Å². The molecule has 2 heterocycles. The summed E-state index contributed by atoms with van der Waals surface area (Å²) in [7, 11) is 0. The van der Waals surface area contributed by atoms with Crippen LogP contribution >= 0.6 is 0 Å². The number of carboxylic acid groups (broad SMARTS) is 1. The Kier molecular flexibility index (Phi) is 5.55. The zero-order valence-electron chi connectivity index (χ0n) is 14.5. The van der Waals surface area contributed by atoms with Crippen molar-refractivity contribution >= 4 is 17.5 Å². The van der Waals surface area contributed by atoms with Crippen LogP contribution in [0, 0.1) is 0 Å². The molecule has 2 aromatic heterocycles. The van der Waals surface area contributed by atoms with Gasteiger partial charge in [0.05, 0.1) is 12.1 Å². The second kappa shape index (κ2) is 8.22. The van der Waals surface area contributed by atoms with Crippen LogP contribution in [0.25, 0.3) is 0 Å². The van der Waals surface area contributed by atoms with Crippen LogP contribution in [0.3, 0.4) is 0 Å². The predicted octanol–water partition coefficient (Wildman–Crippen LogP) is 2.13. The van der Waals surface area contributed by atoms with Crippen molar-refractivity contribution in [2.45, 2.75) is 25.8 Å². The lowest BCUT2D eigenvalue weighted by Crippen LogP contribution is -2.14. The van der Waals surface area contributed by atoms with E-state index in [-0.39, 0.29) is 24.4 Å². The summed E-state index contributed by atoms with van der Waals surface area (Å²) in [5, 5.41) is 14.9. The highest BCUT2D eigenvalue weighted by Crippen LogP contribution is 2.16. The summed E-state index contributed by atoms with van der Waals surface area (Å²) in [5.41, 5.74) is 2.10. The van der Waals surface area contributed by atoms with Crippen molar-refractivity contribution in [2.75, 3.05) is 0 Å². The fourth-order valence-electron chi connectivity index (χ4n) is 2.77. The molecule has 1 aromatic carbocycles. The quantitative estimate of drug-likeness (QED) is 0.442. The van der Waals surface area contributed by atoms with Crippen molar-refractivity contribution in [3.63, 3.8) is 0 Å². The van der Waals surface area contributed by atoms with Gasteiger partial charge < -0.3 is 9.67 Å². The second-order valence-electron chi connectivity index (χ2n) is 6.10. The average Bonchev–Trinajstić information content (AvgIpc) is 3.31. The summed E-state index contributed by atoms with van der Waals surface area (Å²) in [6.45, 7) is 0.450. The van der Waals surface area contributed by atoms with Crippen molar-refractivity contribution in [3.8, 4) is 0 Å². The molecule has 0 aliphatic heterocycles. The zero-order valence-corrected chi connectivity index (χ0v) is 14.5. The molecule has 0 fully saturated rings. The number of aryl methyl sites for hydroxylation is 1. The summed E-state index contributed by atoms with van der Waals surface area (Å²) >= 11 is 0. The number of aliphatic carboxylic acids is 1. The molecule has 0 atom stereocenters. The lowest BCUT2D eigenvalue weighted by atomic mass is 10.1. The van der Waals surface area contributed by atoms with Gasteiger partial charge >= 0.3 is 5.97 Å². The van der Waals surface area contributed by atoms with Crippen LogP contribution in [0.2, 0.25) is 0 Å². The number of hydrogen-bond donors (Lipinski definition) is 2. The van der Waals surface area contributed by atoms with E-state index in [2.05, 4.69) is 15.2 Å². The van der Waals surface area contributed by atoms with Crippen LogP contribution in [0.15, 0.2) is 48.9 Å². The van der Waals surface area contributed by atoms with Gasteiger partial charge in [-0.05, 0) is 23.6 Å². The average molecular weight is 366 g/mol. The maximum absolute atomic E-state index is 12.7. The van der Waals surface area contributed by atoms with Gasteiger partial charge in [-0.3, -0.25) is 19.5 Å². The van der Waals surface area contributed by atoms with Crippen LogP contribution in [-0.4, -0.2) is 42.4 Å². The molecule has 3 rings (SSSR count). The van der Waals surface area contributed by atoms with Gasteiger partial charge in [0.15, 0.2) is 11.6 Å². The third-order valence-corrected chi connectivity index (χ3v) is 4.06. The Morgan fingerprint density at radius 3 is 2.52 bits per heavy atom. The van der Waals surface area contributed by atoms with Gasteiger partial charge in [-0.25, -0.2) is 4.98 Å². The highest BCUT2D eigenvalue weighted by Gasteiger charge is 2.20. The Morgan fingerprint density at radius 1 is 1.07 bits per heavy atom. The van der Waals surface area contributed by atoms with E-state index < -0.39 is 11.8 Å². The number of carbonyl (C=O) groups excluding carboxylic acids is 2. The van der Waals surface area contributed by atoms with Crippen molar-refractivity contribution < 1.29 is 19.5 Å². The standard InChI is InChI=1S/C19H18N4O4/c24-16(9-17(25)19-20-12-21-22-19)15-8-14(6-7-18(26)27)11-23(15)10-13-4-2-1-3-5-13/h1-5,8,11-12H,6-7,9-10H2,(H,26,27)(H,20,21,22). The monoisotopic (exact) mass is 366 g/mol. The van der Waals surface area contributed by atoms with Gasteiger partial charge in [-0.2, -0.15) is 5.10 Å². The van der Waals surface area contributed by atoms with Crippen molar-refractivity contribution in [1.82, 2.24) is 19.7 Å². The Morgan fingerprint density at radius 2 is 1.85 bits per heavy atom. The molecule has 27 heavy (non-hydrogen) atoms. The first-order valence-corrected chi connectivity index (χ1v) is 8.39. The van der Waals surface area contributed by atoms with E-state index in [1.54, 1.807) is 16.8 Å². The molecule has 0 bridgehead atoms. The molecule has 138 valence electrons. The zero-order chi connectivity index (χ0) is 19.2. The van der Waals surface area contributed by atoms with Gasteiger partial charge in [-0.1, -0.05) is 30.3 Å². The van der Waals surface area contributed by atoms with Crippen LogP contribution < -0.4 is 0 Å². The van der Waals surface area contributed by atoms with Gasteiger partial charge in [0.1, 0.15) is 6.33 Å². The molecule has 8 nitrogen and oxygen atoms in total. The molecule has 0 aliphatic carbocycles. The number of H-pyrrole nitrogens is 1. The topological polar surface area (TPSA) is 118 Å². The van der Waals surface area contributed by atoms with E-state index in [0.29, 0.717) is 18.7 Å². The van der Waals surface area contributed by atoms with E-state index in [0.717, 1.165) is 11.1 Å². The molecule has 0 unspecified atom stereocenters. The lowest BCUT2D eigenvalue weighted by molar-refractivity contribution is -0.136. The molecule has 3 aromatic rings. The number of nitrogens with one attached hydrogen (secondary N) is 1. The van der Waals surface area contributed by atoms with Crippen molar-refractivity contribution in [1.29, 1.82) is 0 Å². The Bertz CT molecular complexity index is 946. The molecule has 0 aliphatic rings. The predicted molar refractivity (Wildman–Crippen MR) is 95.6 cm³/mol. The number of benzene rings is 1. The maximum atomic E-state index is 12.7. The SMILES string of the molecule is O=C(O)CCc1cc(C(=O)CC(=O)c2ncn[nH]2)n(Cc2ccccc2)c1. The fourth-order valence-corrected chi connectivity index (χ4v) is 2.77. The van der Waals surface area contributed by atoms with Crippen LogP contribution in [-0.2, 0) is 17.8 Å². The number of carbonyl (C=O) groups is 3. The van der Waals surface area contributed by atoms with Crippen molar-refractivity contribution in [2.24, 2.45) is 0 Å². The van der Waals surface area contributed by atoms with Gasteiger partial charge in [0, 0.05) is 19.2 Å². The summed E-state index contributed by atoms with van der Waals surface area (Å²) < 4.78 is 1.75. The van der Waals surface area contributed by atoms with Crippen LogP contribution in [0.5, 0.6) is 0 Å². The molecule has 2 N–H and O–H groups in total. The summed E-state index contributed by atoms with van der Waals surface area (Å²) in [6, 6.07) is 11.2. The van der Waals surface area contributed by atoms with Gasteiger partial charge in [0.2, 0.25) is 5.78 Å². The van der Waals surface area contributed by atoms with Gasteiger partial charge in [-0.15, -0.1) is 0 Å². The molecule has 8 heteroatoms. The number of ketones is 2. The number of carboxylic acids is 1. The molecule has 0 saturated carbocycles. The van der Waals surface area contributed by atoms with E-state index in [4.69, 9.17) is 5.11 Å². The fraction of sp³-hybridized carbons (Fsp3) is 0.211. The molecule has 0 amide bonds. The first-order valence-electron chi connectivity index (χ1n) is 8.39. The maximum Gasteiger partial charge on any atom is 0.303 e. The molecule has 0 radical (unpaired) electrons. The first-order chi connectivity index (χ1) is 13.0. The lowest BCUT2D eigenvalue weighted by Gasteiger charge is -2.08. The number of nitrogens with zero attached hydrogens (tertiary/aromatic N) is 3. The van der Waals surface area contributed by atoms with Crippen LogP contribution in [0.4, 0.5) is 0 Å². The Hall–Kier alpha value is -3.55. The normalized spacial score (nSPS) is 10.7. The minimum atomic E-state index is -0.904. The molecular weight excluding hydrogens is 348 g/mol. The second-order valence-corrected chi connectivity index (χ2v) is 6.10. The summed E-state index contributed by atoms with van der Waals surface area (Å²) in [5.74, 6) is -1.67. The van der Waals surface area contributed by atoms with Crippen molar-refractivity contribution in [3.05, 3.63) is 71.6 Å². The van der Waals surface area contributed by atoms with E-state index in [1.165, 1.54) is 6.33 Å². The Labute approximate surface area is 154 Å². The highest BCUT2D eigenvalue weighted by molar-refractivity contribution is 6.11. The van der Waals surface area contributed by atoms with E-state index in [9.17, 15) is 14.4 Å². The highest BCUT2D eigenvalue weighted by atomic mass is 16.4. The van der Waals surface area contributed by atoms with E-state index in [1.807, 2.05) is 30.3 Å². The minimum absolute atomic E-state index is 0.0278. The molecular formula is C19H18N4O4. The summed E-state index contributed by atoms with van der Waals surface area (Å²) in [4.78, 5) is 39.4. The molecule has 0 saturated heterocycles.